The molecule has 168 valence electrons. The quantitative estimate of drug-likeness (QED) is 0.490. The Morgan fingerprint density at radius 1 is 1.10 bits per heavy atom. The predicted molar refractivity (Wildman–Crippen MR) is 116 cm³/mol. The Morgan fingerprint density at radius 2 is 1.77 bits per heavy atom. The van der Waals surface area contributed by atoms with E-state index in [9.17, 15) is 18.0 Å². The van der Waals surface area contributed by atoms with Gasteiger partial charge in [-0.05, 0) is 49.7 Å². The Hall–Kier alpha value is -2.62. The van der Waals surface area contributed by atoms with Crippen molar-refractivity contribution in [1.82, 2.24) is 10.0 Å². The molecule has 31 heavy (non-hydrogen) atoms. The summed E-state index contributed by atoms with van der Waals surface area (Å²) in [5, 5.41) is 3.16. The number of hydrogen-bond donors (Lipinski definition) is 2. The number of sulfonamides is 1. The maximum atomic E-state index is 12.3. The minimum Gasteiger partial charge on any atom is -0.494 e. The second-order valence-electron chi connectivity index (χ2n) is 6.49. The van der Waals surface area contributed by atoms with Crippen LogP contribution >= 0.6 is 11.6 Å². The van der Waals surface area contributed by atoms with E-state index in [1.807, 2.05) is 6.92 Å². The number of ether oxygens (including phenoxy) is 2. The fourth-order valence-corrected chi connectivity index (χ4v) is 3.76. The van der Waals surface area contributed by atoms with Crippen LogP contribution in [0.2, 0.25) is 5.02 Å². The lowest BCUT2D eigenvalue weighted by atomic mass is 10.2. The molecule has 10 heteroatoms. The van der Waals surface area contributed by atoms with Crippen LogP contribution in [0, 0.1) is 0 Å². The molecule has 0 aliphatic carbocycles. The highest BCUT2D eigenvalue weighted by molar-refractivity contribution is 7.89. The molecule has 8 nitrogen and oxygen atoms in total. The summed E-state index contributed by atoms with van der Waals surface area (Å²) in [7, 11) is -3.78. The summed E-state index contributed by atoms with van der Waals surface area (Å²) in [4.78, 5) is 24.1. The number of hydrogen-bond acceptors (Lipinski definition) is 6. The molecule has 1 atom stereocenters. The monoisotopic (exact) mass is 468 g/mol. The van der Waals surface area contributed by atoms with Crippen LogP contribution in [0.5, 0.6) is 5.75 Å². The summed E-state index contributed by atoms with van der Waals surface area (Å²) < 4.78 is 37.2. The zero-order valence-corrected chi connectivity index (χ0v) is 18.8. The van der Waals surface area contributed by atoms with E-state index in [2.05, 4.69) is 10.0 Å². The molecule has 2 rings (SSSR count). The maximum Gasteiger partial charge on any atom is 0.307 e. The summed E-state index contributed by atoms with van der Waals surface area (Å²) >= 11 is 6.03. The predicted octanol–water partition coefficient (Wildman–Crippen LogP) is 2.66. The molecule has 0 aromatic heterocycles. The maximum absolute atomic E-state index is 12.3. The van der Waals surface area contributed by atoms with E-state index in [1.54, 1.807) is 36.4 Å². The van der Waals surface area contributed by atoms with Crippen LogP contribution in [0.3, 0.4) is 0 Å². The molecule has 1 amide bonds. The third-order valence-corrected chi connectivity index (χ3v) is 6.00. The van der Waals surface area contributed by atoms with Crippen molar-refractivity contribution in [3.63, 3.8) is 0 Å². The lowest BCUT2D eigenvalue weighted by Gasteiger charge is -2.14. The van der Waals surface area contributed by atoms with Gasteiger partial charge in [0.25, 0.3) is 5.91 Å². The molecular formula is C21H25ClN2O6S. The van der Waals surface area contributed by atoms with Crippen molar-refractivity contribution >= 4 is 33.5 Å². The van der Waals surface area contributed by atoms with Crippen LogP contribution in [0.4, 0.5) is 0 Å². The van der Waals surface area contributed by atoms with Gasteiger partial charge in [0, 0.05) is 18.1 Å². The second kappa shape index (κ2) is 11.7. The zero-order valence-electron chi connectivity index (χ0n) is 17.3. The average molecular weight is 469 g/mol. The summed E-state index contributed by atoms with van der Waals surface area (Å²) in [6.07, 6.45) is -1.25. The number of halogens is 1. The number of esters is 1. The first-order chi connectivity index (χ1) is 14.7. The molecule has 0 bridgehead atoms. The standard InChI is InChI=1S/C21H25ClN2O6S/c1-3-29-17-8-10-18(11-9-17)31(27,28)24-13-12-20(25)30-15(2)21(26)23-14-16-6-4-5-7-19(16)22/h4-11,15,24H,3,12-14H2,1-2H3,(H,23,26). The van der Waals surface area contributed by atoms with Gasteiger partial charge in [-0.25, -0.2) is 13.1 Å². The Balaban J connectivity index is 1.76. The summed E-state index contributed by atoms with van der Waals surface area (Å²) in [6, 6.07) is 13.0. The molecule has 0 radical (unpaired) electrons. The van der Waals surface area contributed by atoms with Crippen molar-refractivity contribution in [2.45, 2.75) is 37.8 Å². The van der Waals surface area contributed by atoms with Crippen molar-refractivity contribution in [1.29, 1.82) is 0 Å². The smallest absolute Gasteiger partial charge is 0.307 e. The van der Waals surface area contributed by atoms with Gasteiger partial charge in [0.15, 0.2) is 6.10 Å². The molecule has 0 saturated carbocycles. The van der Waals surface area contributed by atoms with Gasteiger partial charge in [-0.3, -0.25) is 9.59 Å². The van der Waals surface area contributed by atoms with Gasteiger partial charge in [-0.1, -0.05) is 29.8 Å². The van der Waals surface area contributed by atoms with Crippen molar-refractivity contribution < 1.29 is 27.5 Å². The Morgan fingerprint density at radius 3 is 2.42 bits per heavy atom. The zero-order chi connectivity index (χ0) is 22.9. The topological polar surface area (TPSA) is 111 Å². The number of rotatable bonds is 11. The Labute approximate surface area is 186 Å². The van der Waals surface area contributed by atoms with Gasteiger partial charge in [0.05, 0.1) is 17.9 Å². The number of benzene rings is 2. The van der Waals surface area contributed by atoms with Gasteiger partial charge < -0.3 is 14.8 Å². The highest BCUT2D eigenvalue weighted by Crippen LogP contribution is 2.16. The van der Waals surface area contributed by atoms with Crippen LogP contribution in [0.15, 0.2) is 53.4 Å². The van der Waals surface area contributed by atoms with Gasteiger partial charge in [0.1, 0.15) is 5.75 Å². The molecule has 0 spiro atoms. The van der Waals surface area contributed by atoms with Gasteiger partial charge >= 0.3 is 5.97 Å². The molecule has 0 aliphatic rings. The number of carbonyl (C=O) groups excluding carboxylic acids is 2. The Kier molecular flexibility index (Phi) is 9.29. The first-order valence-corrected chi connectivity index (χ1v) is 11.5. The van der Waals surface area contributed by atoms with Crippen LogP contribution in [-0.4, -0.2) is 39.5 Å². The van der Waals surface area contributed by atoms with Crippen LogP contribution in [0.25, 0.3) is 0 Å². The van der Waals surface area contributed by atoms with E-state index in [0.717, 1.165) is 5.56 Å². The van der Waals surface area contributed by atoms with E-state index in [1.165, 1.54) is 19.1 Å². The highest BCUT2D eigenvalue weighted by atomic mass is 35.5. The minimum atomic E-state index is -3.78. The van der Waals surface area contributed by atoms with E-state index in [4.69, 9.17) is 21.1 Å². The van der Waals surface area contributed by atoms with Crippen LogP contribution < -0.4 is 14.8 Å². The number of carbonyl (C=O) groups is 2. The van der Waals surface area contributed by atoms with Gasteiger partial charge in [-0.2, -0.15) is 0 Å². The lowest BCUT2D eigenvalue weighted by Crippen LogP contribution is -2.36. The minimum absolute atomic E-state index is 0.0524. The molecule has 2 aromatic rings. The normalized spacial score (nSPS) is 12.1. The van der Waals surface area contributed by atoms with E-state index in [0.29, 0.717) is 17.4 Å². The summed E-state index contributed by atoms with van der Waals surface area (Å²) in [5.74, 6) is -0.621. The molecule has 0 fully saturated rings. The SMILES string of the molecule is CCOc1ccc(S(=O)(=O)NCCC(=O)OC(C)C(=O)NCc2ccccc2Cl)cc1. The number of nitrogens with one attached hydrogen (secondary N) is 2. The van der Waals surface area contributed by atoms with Crippen molar-refractivity contribution in [3.05, 3.63) is 59.1 Å². The lowest BCUT2D eigenvalue weighted by molar-refractivity contribution is -0.154. The molecule has 1 unspecified atom stereocenters. The third-order valence-electron chi connectivity index (χ3n) is 4.15. The summed E-state index contributed by atoms with van der Waals surface area (Å²) in [5.41, 5.74) is 0.736. The van der Waals surface area contributed by atoms with E-state index in [-0.39, 0.29) is 24.4 Å². The second-order valence-corrected chi connectivity index (χ2v) is 8.67. The molecule has 2 aromatic carbocycles. The van der Waals surface area contributed by atoms with E-state index < -0.39 is 28.0 Å². The van der Waals surface area contributed by atoms with E-state index >= 15 is 0 Å². The molecule has 2 N–H and O–H groups in total. The largest absolute Gasteiger partial charge is 0.494 e. The highest BCUT2D eigenvalue weighted by Gasteiger charge is 2.19. The molecular weight excluding hydrogens is 444 g/mol. The van der Waals surface area contributed by atoms with Gasteiger partial charge in [0.2, 0.25) is 10.0 Å². The first-order valence-electron chi connectivity index (χ1n) is 9.66. The fourth-order valence-electron chi connectivity index (χ4n) is 2.53. The molecule has 0 heterocycles. The number of amides is 1. The molecule has 0 aliphatic heterocycles. The Bertz CT molecular complexity index is 995. The van der Waals surface area contributed by atoms with Crippen molar-refractivity contribution in [2.24, 2.45) is 0 Å². The first kappa shape index (κ1) is 24.6. The van der Waals surface area contributed by atoms with Crippen molar-refractivity contribution in [2.75, 3.05) is 13.2 Å². The average Bonchev–Trinajstić information content (AvgIpc) is 2.73. The van der Waals surface area contributed by atoms with Crippen LogP contribution in [-0.2, 0) is 30.9 Å². The van der Waals surface area contributed by atoms with Crippen molar-refractivity contribution in [3.8, 4) is 5.75 Å². The summed E-state index contributed by atoms with van der Waals surface area (Å²) in [6.45, 7) is 3.77. The third kappa shape index (κ3) is 7.86. The molecule has 0 saturated heterocycles. The van der Waals surface area contributed by atoms with Crippen LogP contribution in [0.1, 0.15) is 25.8 Å². The fraction of sp³-hybridized carbons (Fsp3) is 0.333. The van der Waals surface area contributed by atoms with Gasteiger partial charge in [-0.15, -0.1) is 0 Å².